The molecule has 1 unspecified atom stereocenters. The summed E-state index contributed by atoms with van der Waals surface area (Å²) < 4.78 is 50.5. The van der Waals surface area contributed by atoms with E-state index in [0.717, 1.165) is 6.92 Å². The summed E-state index contributed by atoms with van der Waals surface area (Å²) in [6, 6.07) is 1.21. The second kappa shape index (κ2) is 3.98. The molecule has 0 saturated heterocycles. The van der Waals surface area contributed by atoms with E-state index in [4.69, 9.17) is 17.3 Å². The van der Waals surface area contributed by atoms with Crippen LogP contribution in [0.25, 0.3) is 0 Å². The first kappa shape index (κ1) is 12.3. The van der Waals surface area contributed by atoms with Gasteiger partial charge in [-0.25, -0.2) is 17.6 Å². The lowest BCUT2D eigenvalue weighted by molar-refractivity contribution is 0.0623. The van der Waals surface area contributed by atoms with Gasteiger partial charge in [0.1, 0.15) is 5.54 Å². The molecule has 1 aromatic rings. The van der Waals surface area contributed by atoms with Gasteiger partial charge in [0.05, 0.1) is 0 Å². The molecule has 0 aliphatic rings. The van der Waals surface area contributed by atoms with E-state index >= 15 is 0 Å². The standard InChI is InChI=1S/C9H8ClF4N/c1-9(15,8(13)14)4-2-6(11)7(12)3-5(4)10/h2-3,8H,15H2,1H3. The van der Waals surface area contributed by atoms with Gasteiger partial charge in [0.15, 0.2) is 11.6 Å². The van der Waals surface area contributed by atoms with Crippen LogP contribution in [-0.4, -0.2) is 6.43 Å². The van der Waals surface area contributed by atoms with Gasteiger partial charge in [-0.2, -0.15) is 0 Å². The second-order valence-corrected chi connectivity index (χ2v) is 3.74. The Morgan fingerprint density at radius 2 is 1.73 bits per heavy atom. The maximum Gasteiger partial charge on any atom is 0.260 e. The van der Waals surface area contributed by atoms with Crippen LogP contribution in [-0.2, 0) is 5.54 Å². The molecule has 2 N–H and O–H groups in total. The molecule has 84 valence electrons. The third kappa shape index (κ3) is 2.23. The minimum Gasteiger partial charge on any atom is -0.317 e. The molecule has 0 radical (unpaired) electrons. The van der Waals surface area contributed by atoms with E-state index in [9.17, 15) is 17.6 Å². The molecule has 1 aromatic carbocycles. The van der Waals surface area contributed by atoms with Crippen molar-refractivity contribution < 1.29 is 17.6 Å². The number of halogens is 5. The van der Waals surface area contributed by atoms with Gasteiger partial charge in [-0.3, -0.25) is 0 Å². The summed E-state index contributed by atoms with van der Waals surface area (Å²) >= 11 is 5.51. The van der Waals surface area contributed by atoms with E-state index in [0.29, 0.717) is 12.1 Å². The average Bonchev–Trinajstić information content (AvgIpc) is 2.10. The largest absolute Gasteiger partial charge is 0.317 e. The van der Waals surface area contributed by atoms with Crippen molar-refractivity contribution >= 4 is 11.6 Å². The van der Waals surface area contributed by atoms with Crippen LogP contribution in [0.2, 0.25) is 5.02 Å². The van der Waals surface area contributed by atoms with E-state index < -0.39 is 23.6 Å². The van der Waals surface area contributed by atoms with Crippen LogP contribution in [0.5, 0.6) is 0 Å². The maximum atomic E-state index is 12.8. The fraction of sp³-hybridized carbons (Fsp3) is 0.333. The first-order valence-electron chi connectivity index (χ1n) is 3.99. The topological polar surface area (TPSA) is 26.0 Å². The molecule has 0 fully saturated rings. The third-order valence-electron chi connectivity index (χ3n) is 2.04. The Kier molecular flexibility index (Phi) is 3.25. The Labute approximate surface area is 88.8 Å². The molecule has 0 spiro atoms. The lowest BCUT2D eigenvalue weighted by Crippen LogP contribution is -2.41. The van der Waals surface area contributed by atoms with Crippen molar-refractivity contribution in [1.82, 2.24) is 0 Å². The molecule has 0 bridgehead atoms. The zero-order valence-electron chi connectivity index (χ0n) is 7.70. The van der Waals surface area contributed by atoms with Gasteiger partial charge in [0, 0.05) is 5.02 Å². The Morgan fingerprint density at radius 3 is 2.20 bits per heavy atom. The SMILES string of the molecule is CC(N)(c1cc(F)c(F)cc1Cl)C(F)F. The van der Waals surface area contributed by atoms with Crippen LogP contribution < -0.4 is 5.73 Å². The Hall–Kier alpha value is -0.810. The average molecular weight is 242 g/mol. The van der Waals surface area contributed by atoms with Gasteiger partial charge in [-0.1, -0.05) is 11.6 Å². The number of nitrogens with two attached hydrogens (primary N) is 1. The molecular weight excluding hydrogens is 234 g/mol. The highest BCUT2D eigenvalue weighted by atomic mass is 35.5. The molecule has 15 heavy (non-hydrogen) atoms. The van der Waals surface area contributed by atoms with E-state index in [1.54, 1.807) is 0 Å². The van der Waals surface area contributed by atoms with Crippen molar-refractivity contribution in [2.45, 2.75) is 18.9 Å². The highest BCUT2D eigenvalue weighted by Gasteiger charge is 2.35. The van der Waals surface area contributed by atoms with Crippen LogP contribution >= 0.6 is 11.6 Å². The molecule has 1 rings (SSSR count). The number of benzene rings is 1. The molecule has 1 atom stereocenters. The quantitative estimate of drug-likeness (QED) is 0.625. The Morgan fingerprint density at radius 1 is 1.27 bits per heavy atom. The lowest BCUT2D eigenvalue weighted by Gasteiger charge is -2.25. The summed E-state index contributed by atoms with van der Waals surface area (Å²) in [7, 11) is 0. The summed E-state index contributed by atoms with van der Waals surface area (Å²) in [4.78, 5) is 0. The highest BCUT2D eigenvalue weighted by molar-refractivity contribution is 6.31. The zero-order valence-corrected chi connectivity index (χ0v) is 8.46. The molecule has 0 aliphatic heterocycles. The van der Waals surface area contributed by atoms with E-state index in [1.807, 2.05) is 0 Å². The fourth-order valence-electron chi connectivity index (χ4n) is 1.05. The van der Waals surface area contributed by atoms with Gasteiger partial charge in [-0.05, 0) is 24.6 Å². The summed E-state index contributed by atoms with van der Waals surface area (Å²) in [5.41, 5.74) is 2.85. The molecular formula is C9H8ClF4N. The summed E-state index contributed by atoms with van der Waals surface area (Å²) in [5.74, 6) is -2.46. The van der Waals surface area contributed by atoms with Crippen molar-refractivity contribution in [2.24, 2.45) is 5.73 Å². The van der Waals surface area contributed by atoms with E-state index in [-0.39, 0.29) is 10.6 Å². The maximum absolute atomic E-state index is 12.8. The number of alkyl halides is 2. The molecule has 0 saturated carbocycles. The van der Waals surface area contributed by atoms with Crippen LogP contribution in [0.1, 0.15) is 12.5 Å². The van der Waals surface area contributed by atoms with Crippen molar-refractivity contribution in [1.29, 1.82) is 0 Å². The second-order valence-electron chi connectivity index (χ2n) is 3.33. The highest BCUT2D eigenvalue weighted by Crippen LogP contribution is 2.32. The van der Waals surface area contributed by atoms with Crippen LogP contribution in [0.15, 0.2) is 12.1 Å². The first-order valence-corrected chi connectivity index (χ1v) is 4.36. The van der Waals surface area contributed by atoms with Crippen LogP contribution in [0.4, 0.5) is 17.6 Å². The Bertz CT molecular complexity index is 379. The summed E-state index contributed by atoms with van der Waals surface area (Å²) in [6.45, 7) is 0.996. The van der Waals surface area contributed by atoms with Gasteiger partial charge in [0.2, 0.25) is 0 Å². The fourth-order valence-corrected chi connectivity index (χ4v) is 1.41. The summed E-state index contributed by atoms with van der Waals surface area (Å²) in [6.07, 6.45) is -2.93. The van der Waals surface area contributed by atoms with Crippen LogP contribution in [0, 0.1) is 11.6 Å². The first-order chi connectivity index (χ1) is 6.76. The predicted molar refractivity (Wildman–Crippen MR) is 48.9 cm³/mol. The van der Waals surface area contributed by atoms with Crippen LogP contribution in [0.3, 0.4) is 0 Å². The molecule has 1 nitrogen and oxygen atoms in total. The minimum atomic E-state index is -2.93. The third-order valence-corrected chi connectivity index (χ3v) is 2.36. The molecule has 6 heteroatoms. The molecule has 0 heterocycles. The molecule has 0 aromatic heterocycles. The normalized spacial score (nSPS) is 15.5. The lowest BCUT2D eigenvalue weighted by atomic mass is 9.93. The number of hydrogen-bond donors (Lipinski definition) is 1. The van der Waals surface area contributed by atoms with E-state index in [2.05, 4.69) is 0 Å². The molecule has 0 amide bonds. The summed E-state index contributed by atoms with van der Waals surface area (Å²) in [5, 5.41) is -0.320. The minimum absolute atomic E-state index is 0.320. The smallest absolute Gasteiger partial charge is 0.260 e. The van der Waals surface area contributed by atoms with Gasteiger partial charge >= 0.3 is 0 Å². The van der Waals surface area contributed by atoms with Crippen molar-refractivity contribution in [3.63, 3.8) is 0 Å². The van der Waals surface area contributed by atoms with Gasteiger partial charge in [0.25, 0.3) is 6.43 Å². The number of rotatable bonds is 2. The van der Waals surface area contributed by atoms with Gasteiger partial charge < -0.3 is 5.73 Å². The monoisotopic (exact) mass is 241 g/mol. The van der Waals surface area contributed by atoms with Gasteiger partial charge in [-0.15, -0.1) is 0 Å². The van der Waals surface area contributed by atoms with E-state index in [1.165, 1.54) is 0 Å². The predicted octanol–water partition coefficient (Wildman–Crippen LogP) is 3.06. The van der Waals surface area contributed by atoms with Crippen molar-refractivity contribution in [2.75, 3.05) is 0 Å². The molecule has 0 aliphatic carbocycles. The zero-order chi connectivity index (χ0) is 11.8. The van der Waals surface area contributed by atoms with Crippen molar-refractivity contribution in [3.05, 3.63) is 34.4 Å². The van der Waals surface area contributed by atoms with Crippen molar-refractivity contribution in [3.8, 4) is 0 Å². The Balaban J connectivity index is 3.32. The number of hydrogen-bond acceptors (Lipinski definition) is 1.